The van der Waals surface area contributed by atoms with Gasteiger partial charge in [0.1, 0.15) is 0 Å². The molecule has 100 valence electrons. The lowest BCUT2D eigenvalue weighted by Gasteiger charge is -2.53. The van der Waals surface area contributed by atoms with Gasteiger partial charge in [0.25, 0.3) is 0 Å². The van der Waals surface area contributed by atoms with Crippen LogP contribution in [0, 0.1) is 17.3 Å². The number of fused-ring (bicyclic) bond motifs is 1. The van der Waals surface area contributed by atoms with Crippen molar-refractivity contribution in [3.8, 4) is 0 Å². The highest BCUT2D eigenvalue weighted by molar-refractivity contribution is 5.96. The summed E-state index contributed by atoms with van der Waals surface area (Å²) in [5.41, 5.74) is 1.24. The van der Waals surface area contributed by atoms with Crippen LogP contribution >= 0.6 is 0 Å². The van der Waals surface area contributed by atoms with Crippen LogP contribution in [-0.2, 0) is 4.79 Å². The normalized spacial score (nSPS) is 41.5. The number of allylic oxidation sites excluding steroid dienone is 1. The quantitative estimate of drug-likeness (QED) is 0.551. The predicted octanol–water partition coefficient (Wildman–Crippen LogP) is 1.85. The van der Waals surface area contributed by atoms with Crippen LogP contribution < -0.4 is 0 Å². The first-order valence-corrected chi connectivity index (χ1v) is 6.57. The lowest BCUT2D eigenvalue weighted by atomic mass is 9.51. The average molecular weight is 250 g/mol. The van der Waals surface area contributed by atoms with E-state index in [1.54, 1.807) is 0 Å². The maximum absolute atomic E-state index is 12.1. The average Bonchev–Trinajstić information content (AvgIpc) is 2.38. The number of hydrogen-bond donors (Lipinski definition) is 2. The number of ketones is 1. The number of rotatable bonds is 1. The van der Waals surface area contributed by atoms with E-state index < -0.39 is 6.10 Å². The third kappa shape index (κ3) is 2.06. The number of aliphatic hydroxyl groups excluding tert-OH is 2. The molecule has 3 heteroatoms. The van der Waals surface area contributed by atoms with Gasteiger partial charge in [-0.05, 0) is 36.5 Å². The van der Waals surface area contributed by atoms with Gasteiger partial charge in [-0.2, -0.15) is 0 Å². The summed E-state index contributed by atoms with van der Waals surface area (Å²) in [4.78, 5) is 12.1. The summed E-state index contributed by atoms with van der Waals surface area (Å²) in [7, 11) is 0. The Morgan fingerprint density at radius 3 is 2.72 bits per heavy atom. The van der Waals surface area contributed by atoms with Gasteiger partial charge in [-0.15, -0.1) is 0 Å². The third-order valence-electron chi connectivity index (χ3n) is 4.86. The fourth-order valence-corrected chi connectivity index (χ4v) is 3.32. The highest BCUT2D eigenvalue weighted by Gasteiger charge is 2.51. The van der Waals surface area contributed by atoms with Crippen molar-refractivity contribution in [2.45, 2.75) is 38.7 Å². The molecular formula is C15H22O3. The Bertz CT molecular complexity index is 399. The Kier molecular flexibility index (Phi) is 3.47. The van der Waals surface area contributed by atoms with E-state index in [4.69, 9.17) is 0 Å². The summed E-state index contributed by atoms with van der Waals surface area (Å²) >= 11 is 0. The molecule has 2 fully saturated rings. The Hall–Kier alpha value is -0.930. The van der Waals surface area contributed by atoms with Crippen LogP contribution in [0.2, 0.25) is 0 Å². The highest BCUT2D eigenvalue weighted by atomic mass is 16.3. The maximum Gasteiger partial charge on any atom is 0.161 e. The molecule has 2 aliphatic rings. The van der Waals surface area contributed by atoms with Gasteiger partial charge < -0.3 is 10.2 Å². The maximum atomic E-state index is 12.1. The third-order valence-corrected chi connectivity index (χ3v) is 4.86. The van der Waals surface area contributed by atoms with Gasteiger partial charge in [-0.25, -0.2) is 0 Å². The van der Waals surface area contributed by atoms with Crippen LogP contribution in [0.3, 0.4) is 0 Å². The van der Waals surface area contributed by atoms with E-state index in [9.17, 15) is 15.0 Å². The molecule has 4 atom stereocenters. The van der Waals surface area contributed by atoms with Gasteiger partial charge in [0.2, 0.25) is 0 Å². The van der Waals surface area contributed by atoms with Crippen molar-refractivity contribution in [3.63, 3.8) is 0 Å². The van der Waals surface area contributed by atoms with E-state index in [1.807, 2.05) is 6.92 Å². The molecule has 0 aromatic rings. The summed E-state index contributed by atoms with van der Waals surface area (Å²) in [6.07, 6.45) is 1.78. The standard InChI is InChI=1S/C15H22O3/c1-9-4-5-13(17)10(2)14(18)6-12-11(9)7-15(12,3)8-16/h11-13,16-17H,1-2,4-8H2,3H3/t11-,12+,13+,15+/m0/s1. The lowest BCUT2D eigenvalue weighted by Crippen LogP contribution is -2.49. The topological polar surface area (TPSA) is 57.5 Å². The molecule has 0 radical (unpaired) electrons. The van der Waals surface area contributed by atoms with Crippen LogP contribution in [0.15, 0.2) is 24.3 Å². The van der Waals surface area contributed by atoms with Gasteiger partial charge in [-0.3, -0.25) is 4.79 Å². The fraction of sp³-hybridized carbons (Fsp3) is 0.667. The molecule has 0 aliphatic heterocycles. The zero-order valence-electron chi connectivity index (χ0n) is 11.0. The summed E-state index contributed by atoms with van der Waals surface area (Å²) < 4.78 is 0. The van der Waals surface area contributed by atoms with Gasteiger partial charge in [0, 0.05) is 18.6 Å². The molecule has 2 rings (SSSR count). The van der Waals surface area contributed by atoms with Gasteiger partial charge in [0.05, 0.1) is 6.10 Å². The van der Waals surface area contributed by atoms with Crippen molar-refractivity contribution in [2.75, 3.05) is 6.61 Å². The van der Waals surface area contributed by atoms with Crippen LogP contribution in [0.25, 0.3) is 0 Å². The van der Waals surface area contributed by atoms with E-state index in [2.05, 4.69) is 13.2 Å². The molecule has 0 aromatic carbocycles. The molecule has 18 heavy (non-hydrogen) atoms. The molecule has 0 aromatic heterocycles. The minimum Gasteiger partial charge on any atom is -0.396 e. The number of hydrogen-bond acceptors (Lipinski definition) is 3. The van der Waals surface area contributed by atoms with Crippen molar-refractivity contribution >= 4 is 5.78 Å². The van der Waals surface area contributed by atoms with Crippen molar-refractivity contribution in [2.24, 2.45) is 17.3 Å². The molecular weight excluding hydrogens is 228 g/mol. The molecule has 0 bridgehead atoms. The van der Waals surface area contributed by atoms with E-state index in [1.165, 1.54) is 0 Å². The molecule has 0 heterocycles. The van der Waals surface area contributed by atoms with Crippen LogP contribution in [0.1, 0.15) is 32.6 Å². The molecule has 2 aliphatic carbocycles. The van der Waals surface area contributed by atoms with Crippen molar-refractivity contribution in [3.05, 3.63) is 24.3 Å². The SMILES string of the molecule is C=C1C(=O)C[C@@H]2[C@@H](C[C@]2(C)CO)C(=C)CC[C@H]1O. The van der Waals surface area contributed by atoms with Crippen molar-refractivity contribution in [1.82, 2.24) is 0 Å². The van der Waals surface area contributed by atoms with Crippen LogP contribution in [0.5, 0.6) is 0 Å². The van der Waals surface area contributed by atoms with Crippen LogP contribution in [-0.4, -0.2) is 28.7 Å². The van der Waals surface area contributed by atoms with E-state index >= 15 is 0 Å². The molecule has 0 amide bonds. The second-order valence-corrected chi connectivity index (χ2v) is 6.09. The number of Topliss-reactive ketones (excluding diaryl/α,β-unsaturated/α-hetero) is 1. The van der Waals surface area contributed by atoms with Crippen molar-refractivity contribution < 1.29 is 15.0 Å². The minimum absolute atomic E-state index is 0.0634. The van der Waals surface area contributed by atoms with Gasteiger partial charge in [-0.1, -0.05) is 25.7 Å². The van der Waals surface area contributed by atoms with Crippen molar-refractivity contribution in [1.29, 1.82) is 0 Å². The van der Waals surface area contributed by atoms with E-state index in [0.29, 0.717) is 24.3 Å². The Morgan fingerprint density at radius 2 is 2.11 bits per heavy atom. The summed E-state index contributed by atoms with van der Waals surface area (Å²) in [6, 6.07) is 0. The molecule has 3 nitrogen and oxygen atoms in total. The largest absolute Gasteiger partial charge is 0.396 e. The summed E-state index contributed by atoms with van der Waals surface area (Å²) in [5.74, 6) is 0.389. The smallest absolute Gasteiger partial charge is 0.161 e. The lowest BCUT2D eigenvalue weighted by molar-refractivity contribution is -0.123. The second-order valence-electron chi connectivity index (χ2n) is 6.09. The fourth-order valence-electron chi connectivity index (χ4n) is 3.32. The molecule has 0 spiro atoms. The van der Waals surface area contributed by atoms with Gasteiger partial charge in [0.15, 0.2) is 5.78 Å². The van der Waals surface area contributed by atoms with E-state index in [-0.39, 0.29) is 23.7 Å². The van der Waals surface area contributed by atoms with Crippen LogP contribution in [0.4, 0.5) is 0 Å². The summed E-state index contributed by atoms with van der Waals surface area (Å²) in [5, 5.41) is 19.4. The monoisotopic (exact) mass is 250 g/mol. The minimum atomic E-state index is -0.743. The van der Waals surface area contributed by atoms with E-state index in [0.717, 1.165) is 18.4 Å². The second kappa shape index (κ2) is 4.63. The first-order chi connectivity index (χ1) is 8.39. The summed E-state index contributed by atoms with van der Waals surface area (Å²) in [6.45, 7) is 9.92. The molecule has 0 unspecified atom stereocenters. The number of carbonyl (C=O) groups is 1. The number of aliphatic hydroxyl groups is 2. The Morgan fingerprint density at radius 1 is 1.44 bits per heavy atom. The predicted molar refractivity (Wildman–Crippen MR) is 69.9 cm³/mol. The van der Waals surface area contributed by atoms with Gasteiger partial charge >= 0.3 is 0 Å². The molecule has 2 N–H and O–H groups in total. The highest BCUT2D eigenvalue weighted by Crippen LogP contribution is 2.56. The zero-order valence-corrected chi connectivity index (χ0v) is 11.0. The Balaban J connectivity index is 2.24. The molecule has 2 saturated carbocycles. The first kappa shape index (κ1) is 13.5. The zero-order chi connectivity index (χ0) is 13.5. The molecule has 0 saturated heterocycles. The first-order valence-electron chi connectivity index (χ1n) is 6.57. The Labute approximate surface area is 108 Å². The number of carbonyl (C=O) groups excluding carboxylic acids is 1.